The van der Waals surface area contributed by atoms with Crippen LogP contribution in [0.1, 0.15) is 56.7 Å². The Balaban J connectivity index is 1.63. The number of aromatic nitrogens is 2. The van der Waals surface area contributed by atoms with E-state index in [-0.39, 0.29) is 5.41 Å². The van der Waals surface area contributed by atoms with Crippen LogP contribution in [0.4, 0.5) is 0 Å². The fraction of sp³-hybridized carbons (Fsp3) is 0.611. The molecule has 0 spiro atoms. The summed E-state index contributed by atoms with van der Waals surface area (Å²) in [6.07, 6.45) is 6.28. The fourth-order valence-corrected chi connectivity index (χ4v) is 3.38. The van der Waals surface area contributed by atoms with Gasteiger partial charge >= 0.3 is 0 Å². The molecule has 0 unspecified atom stereocenters. The minimum atomic E-state index is 0.0862. The third kappa shape index (κ3) is 3.85. The first-order valence-electron chi connectivity index (χ1n) is 8.56. The summed E-state index contributed by atoms with van der Waals surface area (Å²) >= 11 is 0. The van der Waals surface area contributed by atoms with Crippen LogP contribution in [0.25, 0.3) is 0 Å². The molecule has 2 aromatic heterocycles. The normalized spacial score (nSPS) is 17.7. The number of hydrogen-bond donors (Lipinski definition) is 2. The van der Waals surface area contributed by atoms with Gasteiger partial charge in [-0.2, -0.15) is 5.10 Å². The zero-order valence-electron chi connectivity index (χ0n) is 14.4. The number of hydrogen-bond acceptors (Lipinski definition) is 4. The third-order valence-electron chi connectivity index (χ3n) is 4.57. The summed E-state index contributed by atoms with van der Waals surface area (Å²) in [5.41, 5.74) is 2.54. The molecule has 0 saturated carbocycles. The summed E-state index contributed by atoms with van der Waals surface area (Å²) in [7, 11) is 0. The summed E-state index contributed by atoms with van der Waals surface area (Å²) in [6, 6.07) is 4.38. The predicted octanol–water partition coefficient (Wildman–Crippen LogP) is 3.23. The Labute approximate surface area is 138 Å². The summed E-state index contributed by atoms with van der Waals surface area (Å²) in [5, 5.41) is 11.0. The lowest BCUT2D eigenvalue weighted by Crippen LogP contribution is -2.34. The van der Waals surface area contributed by atoms with Crippen LogP contribution in [0.15, 0.2) is 29.0 Å². The highest BCUT2D eigenvalue weighted by Gasteiger charge is 2.25. The van der Waals surface area contributed by atoms with E-state index < -0.39 is 0 Å². The van der Waals surface area contributed by atoms with Crippen LogP contribution in [-0.4, -0.2) is 34.7 Å². The second kappa shape index (κ2) is 6.89. The highest BCUT2D eigenvalue weighted by Crippen LogP contribution is 2.26. The topological polar surface area (TPSA) is 57.1 Å². The van der Waals surface area contributed by atoms with E-state index in [4.69, 9.17) is 4.42 Å². The second-order valence-corrected chi connectivity index (χ2v) is 7.43. The lowest BCUT2D eigenvalue weighted by Gasteiger charge is -2.26. The molecule has 2 aromatic rings. The van der Waals surface area contributed by atoms with Gasteiger partial charge in [0.25, 0.3) is 0 Å². The minimum absolute atomic E-state index is 0.0862. The molecule has 0 amide bonds. The number of nitrogens with zero attached hydrogens (tertiary/aromatic N) is 2. The van der Waals surface area contributed by atoms with Crippen molar-refractivity contribution in [2.75, 3.05) is 19.6 Å². The molecule has 1 fully saturated rings. The molecule has 2 N–H and O–H groups in total. The van der Waals surface area contributed by atoms with E-state index in [1.807, 2.05) is 12.3 Å². The summed E-state index contributed by atoms with van der Waals surface area (Å²) < 4.78 is 5.67. The molecule has 1 aliphatic rings. The standard InChI is InChI=1S/C18H28N4O/c1-18(2,3)17-14(12-20-21-17)11-19-13-15(16-7-6-10-23-16)22-8-4-5-9-22/h6-7,10,12,15,19H,4-5,8-9,11,13H2,1-3H3,(H,20,21)/t15-/m1/s1. The number of H-pyrrole nitrogens is 1. The average molecular weight is 316 g/mol. The molecule has 23 heavy (non-hydrogen) atoms. The smallest absolute Gasteiger partial charge is 0.122 e. The molecule has 0 aliphatic carbocycles. The van der Waals surface area contributed by atoms with Crippen molar-refractivity contribution in [3.8, 4) is 0 Å². The molecule has 1 saturated heterocycles. The Hall–Kier alpha value is -1.59. The van der Waals surface area contributed by atoms with Crippen molar-refractivity contribution in [3.63, 3.8) is 0 Å². The van der Waals surface area contributed by atoms with E-state index in [1.54, 1.807) is 6.26 Å². The van der Waals surface area contributed by atoms with E-state index in [9.17, 15) is 0 Å². The molecule has 5 nitrogen and oxygen atoms in total. The molecule has 3 heterocycles. The average Bonchev–Trinajstić information content (AvgIpc) is 3.22. The maximum absolute atomic E-state index is 5.67. The highest BCUT2D eigenvalue weighted by molar-refractivity contribution is 5.23. The van der Waals surface area contributed by atoms with Gasteiger partial charge in [0.15, 0.2) is 0 Å². The fourth-order valence-electron chi connectivity index (χ4n) is 3.38. The van der Waals surface area contributed by atoms with Gasteiger partial charge in [0.2, 0.25) is 0 Å². The highest BCUT2D eigenvalue weighted by atomic mass is 16.3. The van der Waals surface area contributed by atoms with Gasteiger partial charge < -0.3 is 9.73 Å². The van der Waals surface area contributed by atoms with Gasteiger partial charge in [0, 0.05) is 29.8 Å². The Kier molecular flexibility index (Phi) is 4.87. The molecule has 0 aromatic carbocycles. The SMILES string of the molecule is CC(C)(C)c1[nH]ncc1CNC[C@H](c1ccco1)N1CCCC1. The summed E-state index contributed by atoms with van der Waals surface area (Å²) in [5.74, 6) is 1.06. The van der Waals surface area contributed by atoms with Gasteiger partial charge in [0.05, 0.1) is 18.5 Å². The zero-order valence-corrected chi connectivity index (χ0v) is 14.4. The van der Waals surface area contributed by atoms with Crippen molar-refractivity contribution in [2.24, 2.45) is 0 Å². The first-order chi connectivity index (χ1) is 11.1. The largest absolute Gasteiger partial charge is 0.468 e. The molecule has 1 atom stereocenters. The Bertz CT molecular complexity index is 591. The van der Waals surface area contributed by atoms with Crippen LogP contribution in [0, 0.1) is 0 Å². The minimum Gasteiger partial charge on any atom is -0.468 e. The van der Waals surface area contributed by atoms with Gasteiger partial charge in [-0.15, -0.1) is 0 Å². The maximum Gasteiger partial charge on any atom is 0.122 e. The van der Waals surface area contributed by atoms with E-state index in [0.717, 1.165) is 31.9 Å². The lowest BCUT2D eigenvalue weighted by molar-refractivity contribution is 0.209. The van der Waals surface area contributed by atoms with Gasteiger partial charge in [0.1, 0.15) is 5.76 Å². The quantitative estimate of drug-likeness (QED) is 0.859. The zero-order chi connectivity index (χ0) is 16.3. The van der Waals surface area contributed by atoms with Gasteiger partial charge in [-0.3, -0.25) is 10.00 Å². The molecule has 0 bridgehead atoms. The van der Waals surface area contributed by atoms with Crippen molar-refractivity contribution in [1.29, 1.82) is 0 Å². The van der Waals surface area contributed by atoms with E-state index >= 15 is 0 Å². The van der Waals surface area contributed by atoms with Crippen molar-refractivity contribution >= 4 is 0 Å². The summed E-state index contributed by atoms with van der Waals surface area (Å²) in [4.78, 5) is 2.52. The maximum atomic E-state index is 5.67. The number of furan rings is 1. The second-order valence-electron chi connectivity index (χ2n) is 7.43. The Morgan fingerprint density at radius 3 is 2.78 bits per heavy atom. The van der Waals surface area contributed by atoms with Crippen LogP contribution in [-0.2, 0) is 12.0 Å². The molecule has 0 radical (unpaired) electrons. The predicted molar refractivity (Wildman–Crippen MR) is 91.3 cm³/mol. The Morgan fingerprint density at radius 1 is 1.35 bits per heavy atom. The molecule has 126 valence electrons. The van der Waals surface area contributed by atoms with Crippen molar-refractivity contribution in [1.82, 2.24) is 20.4 Å². The van der Waals surface area contributed by atoms with Crippen molar-refractivity contribution < 1.29 is 4.42 Å². The third-order valence-corrected chi connectivity index (χ3v) is 4.57. The van der Waals surface area contributed by atoms with Gasteiger partial charge in [-0.1, -0.05) is 20.8 Å². The lowest BCUT2D eigenvalue weighted by atomic mass is 9.89. The van der Waals surface area contributed by atoms with E-state index in [1.165, 1.54) is 24.1 Å². The van der Waals surface area contributed by atoms with Gasteiger partial charge in [-0.25, -0.2) is 0 Å². The van der Waals surface area contributed by atoms with E-state index in [0.29, 0.717) is 6.04 Å². The first kappa shape index (κ1) is 16.3. The van der Waals surface area contributed by atoms with Crippen molar-refractivity contribution in [2.45, 2.75) is 51.6 Å². The number of likely N-dealkylation sites (tertiary alicyclic amines) is 1. The molecule has 3 rings (SSSR count). The molecular formula is C18H28N4O. The van der Waals surface area contributed by atoms with Gasteiger partial charge in [-0.05, 0) is 38.1 Å². The Morgan fingerprint density at radius 2 is 2.13 bits per heavy atom. The molecule has 1 aliphatic heterocycles. The van der Waals surface area contributed by atoms with Crippen LogP contribution >= 0.6 is 0 Å². The number of aromatic amines is 1. The number of rotatable bonds is 6. The molecular weight excluding hydrogens is 288 g/mol. The van der Waals surface area contributed by atoms with Crippen LogP contribution in [0.2, 0.25) is 0 Å². The van der Waals surface area contributed by atoms with Crippen molar-refractivity contribution in [3.05, 3.63) is 41.6 Å². The monoisotopic (exact) mass is 316 g/mol. The van der Waals surface area contributed by atoms with E-state index in [2.05, 4.69) is 47.3 Å². The van der Waals surface area contributed by atoms with Crippen LogP contribution in [0.5, 0.6) is 0 Å². The number of nitrogens with one attached hydrogen (secondary N) is 2. The molecule has 5 heteroatoms. The first-order valence-corrected chi connectivity index (χ1v) is 8.56. The van der Waals surface area contributed by atoms with Crippen LogP contribution in [0.3, 0.4) is 0 Å². The van der Waals surface area contributed by atoms with Crippen LogP contribution < -0.4 is 5.32 Å². The summed E-state index contributed by atoms with van der Waals surface area (Å²) in [6.45, 7) is 10.7.